The Balaban J connectivity index is 1.14. The second-order valence-corrected chi connectivity index (χ2v) is 7.72. The number of hydrogen-bond donors (Lipinski definition) is 1. The summed E-state index contributed by atoms with van der Waals surface area (Å²) >= 11 is 0. The maximum absolute atomic E-state index is 10.6. The van der Waals surface area contributed by atoms with Crippen LogP contribution in [0.3, 0.4) is 0 Å². The first-order valence-electron chi connectivity index (χ1n) is 8.31. The van der Waals surface area contributed by atoms with Gasteiger partial charge in [0.1, 0.15) is 6.04 Å². The number of aliphatic hydroxyl groups is 1. The van der Waals surface area contributed by atoms with Crippen molar-refractivity contribution < 1.29 is 14.7 Å². The average Bonchev–Trinajstić information content (AvgIpc) is 2.85. The SMILES string of the molecule is N#CC1CCCN1OCCOC12CC3CC4CC(O)(C1)C432. The summed E-state index contributed by atoms with van der Waals surface area (Å²) in [5, 5.41) is 21.4. The van der Waals surface area contributed by atoms with Gasteiger partial charge in [0.05, 0.1) is 30.5 Å². The van der Waals surface area contributed by atoms with E-state index in [4.69, 9.17) is 14.8 Å². The molecule has 1 heterocycles. The summed E-state index contributed by atoms with van der Waals surface area (Å²) in [5.41, 5.74) is -0.278. The predicted molar refractivity (Wildman–Crippen MR) is 72.8 cm³/mol. The zero-order valence-corrected chi connectivity index (χ0v) is 12.3. The second-order valence-electron chi connectivity index (χ2n) is 7.72. The van der Waals surface area contributed by atoms with Gasteiger partial charge in [-0.05, 0) is 43.9 Å². The minimum absolute atomic E-state index is 0.0312. The first-order valence-corrected chi connectivity index (χ1v) is 8.31. The van der Waals surface area contributed by atoms with Crippen molar-refractivity contribution in [3.05, 3.63) is 0 Å². The summed E-state index contributed by atoms with van der Waals surface area (Å²) in [6.07, 6.45) is 6.21. The highest BCUT2D eigenvalue weighted by atomic mass is 16.7. The molecule has 6 atom stereocenters. The summed E-state index contributed by atoms with van der Waals surface area (Å²) in [6, 6.07) is 2.18. The lowest BCUT2D eigenvalue weighted by atomic mass is 9.15. The minimum Gasteiger partial charge on any atom is -0.389 e. The molecule has 0 aromatic heterocycles. The van der Waals surface area contributed by atoms with Crippen LogP contribution in [0.4, 0.5) is 0 Å². The van der Waals surface area contributed by atoms with Crippen molar-refractivity contribution in [2.24, 2.45) is 17.3 Å². The zero-order chi connectivity index (χ0) is 14.3. The molecule has 5 heteroatoms. The van der Waals surface area contributed by atoms with Gasteiger partial charge in [-0.1, -0.05) is 0 Å². The molecule has 1 N–H and O–H groups in total. The maximum Gasteiger partial charge on any atom is 0.122 e. The van der Waals surface area contributed by atoms with E-state index < -0.39 is 0 Å². The van der Waals surface area contributed by atoms with E-state index in [9.17, 15) is 5.11 Å². The predicted octanol–water partition coefficient (Wildman–Crippen LogP) is 1.23. The first-order chi connectivity index (χ1) is 10.2. The van der Waals surface area contributed by atoms with E-state index in [1.165, 1.54) is 6.42 Å². The van der Waals surface area contributed by atoms with Gasteiger partial charge in [-0.25, -0.2) is 0 Å². The molecule has 1 saturated heterocycles. The number of hydrogen-bond acceptors (Lipinski definition) is 5. The standard InChI is InChI=1S/C16H22N2O3/c17-9-13-2-1-3-18(13)21-5-4-20-15-8-12-6-11-7-14(19,10-15)16(11,12)15/h11-13,19H,1-8,10H2. The normalized spacial score (nSPS) is 56.1. The van der Waals surface area contributed by atoms with E-state index in [2.05, 4.69) is 6.07 Å². The van der Waals surface area contributed by atoms with E-state index in [0.29, 0.717) is 13.2 Å². The third-order valence-electron chi connectivity index (χ3n) is 7.19. The molecule has 0 radical (unpaired) electrons. The largest absolute Gasteiger partial charge is 0.389 e. The average molecular weight is 290 g/mol. The molecular weight excluding hydrogens is 268 g/mol. The Morgan fingerprint density at radius 1 is 1.29 bits per heavy atom. The van der Waals surface area contributed by atoms with Crippen molar-refractivity contribution in [2.75, 3.05) is 19.8 Å². The molecule has 0 aromatic rings. The molecule has 4 aliphatic carbocycles. The molecule has 5 nitrogen and oxygen atoms in total. The van der Waals surface area contributed by atoms with Crippen molar-refractivity contribution in [1.82, 2.24) is 5.06 Å². The van der Waals surface area contributed by atoms with Crippen molar-refractivity contribution in [3.63, 3.8) is 0 Å². The number of rotatable bonds is 5. The van der Waals surface area contributed by atoms with Crippen molar-refractivity contribution >= 4 is 0 Å². The molecule has 114 valence electrons. The Bertz CT molecular complexity index is 528. The van der Waals surface area contributed by atoms with E-state index in [-0.39, 0.29) is 22.7 Å². The van der Waals surface area contributed by atoms with Crippen molar-refractivity contribution in [3.8, 4) is 6.07 Å². The topological polar surface area (TPSA) is 65.7 Å². The lowest BCUT2D eigenvalue weighted by Gasteiger charge is -2.92. The zero-order valence-electron chi connectivity index (χ0n) is 12.3. The highest BCUT2D eigenvalue weighted by Gasteiger charge is 2.95. The van der Waals surface area contributed by atoms with Crippen LogP contribution in [0.15, 0.2) is 0 Å². The lowest BCUT2D eigenvalue weighted by molar-refractivity contribution is -0.513. The Morgan fingerprint density at radius 2 is 2.14 bits per heavy atom. The second kappa shape index (κ2) is 3.80. The summed E-state index contributed by atoms with van der Waals surface area (Å²) < 4.78 is 6.19. The van der Waals surface area contributed by atoms with Gasteiger partial charge in [0, 0.05) is 18.4 Å². The number of nitriles is 1. The molecule has 5 aliphatic rings. The third kappa shape index (κ3) is 1.21. The highest BCUT2D eigenvalue weighted by Crippen LogP contribution is 2.91. The first kappa shape index (κ1) is 12.8. The molecule has 0 aromatic carbocycles. The van der Waals surface area contributed by atoms with Crippen LogP contribution in [0.1, 0.15) is 38.5 Å². The molecule has 5 fully saturated rings. The fraction of sp³-hybridized carbons (Fsp3) is 0.938. The maximum atomic E-state index is 10.6. The van der Waals surface area contributed by atoms with E-state index >= 15 is 0 Å². The van der Waals surface area contributed by atoms with Crippen LogP contribution in [-0.4, -0.2) is 47.2 Å². The fourth-order valence-corrected chi connectivity index (χ4v) is 6.63. The molecular formula is C16H22N2O3. The van der Waals surface area contributed by atoms with E-state index in [1.807, 2.05) is 0 Å². The van der Waals surface area contributed by atoms with Gasteiger partial charge in [-0.15, -0.1) is 0 Å². The third-order valence-corrected chi connectivity index (χ3v) is 7.19. The van der Waals surface area contributed by atoms with E-state index in [0.717, 1.165) is 50.5 Å². The lowest BCUT2D eigenvalue weighted by Crippen LogP contribution is -2.97. The number of hydroxylamine groups is 2. The van der Waals surface area contributed by atoms with Crippen LogP contribution >= 0.6 is 0 Å². The van der Waals surface area contributed by atoms with Crippen LogP contribution in [-0.2, 0) is 9.57 Å². The fourth-order valence-electron chi connectivity index (χ4n) is 6.63. The number of nitrogens with zero attached hydrogens (tertiary/aromatic N) is 2. The molecule has 5 rings (SSSR count). The highest BCUT2D eigenvalue weighted by molar-refractivity contribution is 5.44. The van der Waals surface area contributed by atoms with Crippen LogP contribution in [0, 0.1) is 28.6 Å². The molecule has 21 heavy (non-hydrogen) atoms. The van der Waals surface area contributed by atoms with Gasteiger partial charge >= 0.3 is 0 Å². The Hall–Kier alpha value is -0.670. The monoisotopic (exact) mass is 290 g/mol. The molecule has 1 spiro atoms. The molecule has 0 amide bonds. The molecule has 1 aliphatic heterocycles. The minimum atomic E-state index is -0.388. The van der Waals surface area contributed by atoms with Crippen molar-refractivity contribution in [1.29, 1.82) is 5.26 Å². The van der Waals surface area contributed by atoms with E-state index in [1.54, 1.807) is 5.06 Å². The quantitative estimate of drug-likeness (QED) is 0.771. The van der Waals surface area contributed by atoms with Crippen LogP contribution in [0.2, 0.25) is 0 Å². The summed E-state index contributed by atoms with van der Waals surface area (Å²) in [4.78, 5) is 5.69. The Morgan fingerprint density at radius 3 is 2.86 bits per heavy atom. The van der Waals surface area contributed by atoms with Gasteiger partial charge in [0.25, 0.3) is 0 Å². The summed E-state index contributed by atoms with van der Waals surface area (Å²) in [7, 11) is 0. The Kier molecular flexibility index (Phi) is 2.32. The Labute approximate surface area is 124 Å². The van der Waals surface area contributed by atoms with Crippen LogP contribution in [0.25, 0.3) is 0 Å². The van der Waals surface area contributed by atoms with Gasteiger partial charge < -0.3 is 9.84 Å². The van der Waals surface area contributed by atoms with Gasteiger partial charge in [-0.3, -0.25) is 4.84 Å². The van der Waals surface area contributed by atoms with Gasteiger partial charge in [0.15, 0.2) is 0 Å². The smallest absolute Gasteiger partial charge is 0.122 e. The molecule has 4 saturated carbocycles. The van der Waals surface area contributed by atoms with Crippen LogP contribution in [0.5, 0.6) is 0 Å². The summed E-state index contributed by atoms with van der Waals surface area (Å²) in [6.45, 7) is 1.94. The van der Waals surface area contributed by atoms with Crippen LogP contribution < -0.4 is 0 Å². The summed E-state index contributed by atoms with van der Waals surface area (Å²) in [5.74, 6) is 1.44. The van der Waals surface area contributed by atoms with Gasteiger partial charge in [0.2, 0.25) is 0 Å². The molecule has 6 unspecified atom stereocenters. The molecule has 0 bridgehead atoms. The van der Waals surface area contributed by atoms with Crippen molar-refractivity contribution in [2.45, 2.75) is 55.8 Å². The number of ether oxygens (including phenoxy) is 1. The van der Waals surface area contributed by atoms with Gasteiger partial charge in [-0.2, -0.15) is 10.3 Å².